The van der Waals surface area contributed by atoms with Gasteiger partial charge in [-0.2, -0.15) is 26.3 Å². The molecular formula is C9H6F7N. The van der Waals surface area contributed by atoms with Crippen molar-refractivity contribution in [1.29, 1.82) is 0 Å². The van der Waals surface area contributed by atoms with Crippen LogP contribution in [-0.4, -0.2) is 0 Å². The van der Waals surface area contributed by atoms with E-state index in [0.717, 1.165) is 0 Å². The Bertz CT molecular complexity index is 419. The lowest BCUT2D eigenvalue weighted by molar-refractivity contribution is -0.144. The van der Waals surface area contributed by atoms with E-state index in [1.165, 1.54) is 0 Å². The van der Waals surface area contributed by atoms with E-state index >= 15 is 0 Å². The zero-order chi connectivity index (χ0) is 13.4. The molecule has 0 heterocycles. The summed E-state index contributed by atoms with van der Waals surface area (Å²) in [5, 5.41) is 0. The maximum absolute atomic E-state index is 13.0. The first-order valence-electron chi connectivity index (χ1n) is 4.24. The number of nitrogens with two attached hydrogens (primary N) is 1. The first kappa shape index (κ1) is 13.8. The predicted molar refractivity (Wildman–Crippen MR) is 44.3 cm³/mol. The largest absolute Gasteiger partial charge is 0.419 e. The van der Waals surface area contributed by atoms with Crippen molar-refractivity contribution in [1.82, 2.24) is 0 Å². The second kappa shape index (κ2) is 4.17. The van der Waals surface area contributed by atoms with Crippen molar-refractivity contribution >= 4 is 0 Å². The molecule has 1 aromatic carbocycles. The molecule has 0 amide bonds. The molecular weight excluding hydrogens is 255 g/mol. The lowest BCUT2D eigenvalue weighted by atomic mass is 10.0. The highest BCUT2D eigenvalue weighted by atomic mass is 19.4. The lowest BCUT2D eigenvalue weighted by Gasteiger charge is -2.15. The number of hydrogen-bond donors (Lipinski definition) is 1. The van der Waals surface area contributed by atoms with Crippen LogP contribution in [0.2, 0.25) is 0 Å². The SMILES string of the molecule is NCc1cc(F)c(C(F)(F)F)cc1C(F)(F)F. The molecule has 0 saturated heterocycles. The van der Waals surface area contributed by atoms with E-state index in [4.69, 9.17) is 5.73 Å². The maximum Gasteiger partial charge on any atom is 0.419 e. The van der Waals surface area contributed by atoms with Gasteiger partial charge in [0.05, 0.1) is 11.1 Å². The van der Waals surface area contributed by atoms with Crippen LogP contribution in [0.4, 0.5) is 30.7 Å². The van der Waals surface area contributed by atoms with Crippen LogP contribution in [0.25, 0.3) is 0 Å². The summed E-state index contributed by atoms with van der Waals surface area (Å²) in [7, 11) is 0. The van der Waals surface area contributed by atoms with Gasteiger partial charge in [0.2, 0.25) is 0 Å². The molecule has 8 heteroatoms. The summed E-state index contributed by atoms with van der Waals surface area (Å²) in [6.07, 6.45) is -10.2. The van der Waals surface area contributed by atoms with Gasteiger partial charge in [-0.15, -0.1) is 0 Å². The number of alkyl halides is 6. The van der Waals surface area contributed by atoms with E-state index in [0.29, 0.717) is 0 Å². The van der Waals surface area contributed by atoms with Crippen molar-refractivity contribution in [2.45, 2.75) is 18.9 Å². The zero-order valence-electron chi connectivity index (χ0n) is 8.08. The summed E-state index contributed by atoms with van der Waals surface area (Å²) in [6.45, 7) is -0.704. The number of benzene rings is 1. The summed E-state index contributed by atoms with van der Waals surface area (Å²) in [6, 6.07) is -0.108. The molecule has 1 aromatic rings. The molecule has 0 fully saturated rings. The van der Waals surface area contributed by atoms with Gasteiger partial charge >= 0.3 is 12.4 Å². The van der Waals surface area contributed by atoms with Gasteiger partial charge in [-0.3, -0.25) is 0 Å². The third-order valence-corrected chi connectivity index (χ3v) is 2.02. The van der Waals surface area contributed by atoms with Crippen LogP contribution < -0.4 is 5.73 Å². The summed E-state index contributed by atoms with van der Waals surface area (Å²) in [5.41, 5.74) is 0.676. The Balaban J connectivity index is 3.49. The standard InChI is InChI=1S/C9H6F7N/c10-7-1-4(3-17)5(8(11,12)13)2-6(7)9(14,15)16/h1-2H,3,17H2. The van der Waals surface area contributed by atoms with Gasteiger partial charge in [-0.1, -0.05) is 0 Å². The highest BCUT2D eigenvalue weighted by Gasteiger charge is 2.40. The second-order valence-corrected chi connectivity index (χ2v) is 3.19. The molecule has 17 heavy (non-hydrogen) atoms. The molecule has 0 aliphatic heterocycles. The monoisotopic (exact) mass is 261 g/mol. The third kappa shape index (κ3) is 2.87. The smallest absolute Gasteiger partial charge is 0.326 e. The fourth-order valence-corrected chi connectivity index (χ4v) is 1.26. The van der Waals surface area contributed by atoms with Gasteiger partial charge in [0.25, 0.3) is 0 Å². The van der Waals surface area contributed by atoms with Crippen LogP contribution in [0.5, 0.6) is 0 Å². The molecule has 1 nitrogen and oxygen atoms in total. The van der Waals surface area contributed by atoms with Crippen LogP contribution in [0.1, 0.15) is 16.7 Å². The van der Waals surface area contributed by atoms with Gasteiger partial charge < -0.3 is 5.73 Å². The van der Waals surface area contributed by atoms with Crippen molar-refractivity contribution in [2.75, 3.05) is 0 Å². The Labute approximate surface area is 91.0 Å². The Kier molecular flexibility index (Phi) is 3.37. The summed E-state index contributed by atoms with van der Waals surface area (Å²) in [4.78, 5) is 0. The molecule has 0 atom stereocenters. The average Bonchev–Trinajstić information content (AvgIpc) is 2.13. The Hall–Kier alpha value is -1.31. The Morgan fingerprint density at radius 1 is 0.882 bits per heavy atom. The van der Waals surface area contributed by atoms with Crippen molar-refractivity contribution < 1.29 is 30.7 Å². The van der Waals surface area contributed by atoms with Crippen LogP contribution in [0.15, 0.2) is 12.1 Å². The predicted octanol–water partition coefficient (Wildman–Crippen LogP) is 3.32. The van der Waals surface area contributed by atoms with Gasteiger partial charge in [-0.05, 0) is 17.7 Å². The first-order chi connectivity index (χ1) is 7.57. The molecule has 0 radical (unpaired) electrons. The maximum atomic E-state index is 13.0. The normalized spacial score (nSPS) is 12.9. The van der Waals surface area contributed by atoms with Crippen LogP contribution >= 0.6 is 0 Å². The van der Waals surface area contributed by atoms with Crippen molar-refractivity contribution in [3.63, 3.8) is 0 Å². The number of hydrogen-bond acceptors (Lipinski definition) is 1. The summed E-state index contributed by atoms with van der Waals surface area (Å²) < 4.78 is 86.8. The molecule has 1 rings (SSSR count). The molecule has 0 aromatic heterocycles. The Morgan fingerprint density at radius 3 is 1.71 bits per heavy atom. The zero-order valence-corrected chi connectivity index (χ0v) is 8.08. The third-order valence-electron chi connectivity index (χ3n) is 2.02. The molecule has 0 saturated carbocycles. The molecule has 2 N–H and O–H groups in total. The molecule has 0 aliphatic carbocycles. The van der Waals surface area contributed by atoms with Gasteiger partial charge in [0, 0.05) is 6.54 Å². The number of halogens is 7. The van der Waals surface area contributed by atoms with Gasteiger partial charge in [-0.25, -0.2) is 4.39 Å². The minimum Gasteiger partial charge on any atom is -0.326 e. The molecule has 0 bridgehead atoms. The molecule has 0 spiro atoms. The number of rotatable bonds is 1. The fourth-order valence-electron chi connectivity index (χ4n) is 1.26. The minimum atomic E-state index is -5.18. The highest BCUT2D eigenvalue weighted by molar-refractivity contribution is 5.36. The van der Waals surface area contributed by atoms with E-state index in [2.05, 4.69) is 0 Å². The van der Waals surface area contributed by atoms with Crippen molar-refractivity contribution in [3.05, 3.63) is 34.6 Å². The van der Waals surface area contributed by atoms with Gasteiger partial charge in [0.15, 0.2) is 0 Å². The van der Waals surface area contributed by atoms with Gasteiger partial charge in [0.1, 0.15) is 5.82 Å². The average molecular weight is 261 g/mol. The second-order valence-electron chi connectivity index (χ2n) is 3.19. The lowest BCUT2D eigenvalue weighted by Crippen LogP contribution is -2.17. The fraction of sp³-hybridized carbons (Fsp3) is 0.333. The quantitative estimate of drug-likeness (QED) is 0.771. The van der Waals surface area contributed by atoms with E-state index in [-0.39, 0.29) is 12.1 Å². The van der Waals surface area contributed by atoms with E-state index in [1.807, 2.05) is 0 Å². The van der Waals surface area contributed by atoms with Crippen LogP contribution in [-0.2, 0) is 18.9 Å². The summed E-state index contributed by atoms with van der Waals surface area (Å²) in [5.74, 6) is -1.77. The highest BCUT2D eigenvalue weighted by Crippen LogP contribution is 2.38. The van der Waals surface area contributed by atoms with Crippen molar-refractivity contribution in [3.8, 4) is 0 Å². The van der Waals surface area contributed by atoms with Crippen LogP contribution in [0, 0.1) is 5.82 Å². The minimum absolute atomic E-state index is 0.158. The summed E-state index contributed by atoms with van der Waals surface area (Å²) >= 11 is 0. The Morgan fingerprint density at radius 2 is 1.35 bits per heavy atom. The topological polar surface area (TPSA) is 26.0 Å². The molecule has 96 valence electrons. The molecule has 0 unspecified atom stereocenters. The molecule has 0 aliphatic rings. The van der Waals surface area contributed by atoms with E-state index in [1.54, 1.807) is 0 Å². The van der Waals surface area contributed by atoms with E-state index < -0.39 is 41.4 Å². The van der Waals surface area contributed by atoms with Crippen molar-refractivity contribution in [2.24, 2.45) is 5.73 Å². The first-order valence-corrected chi connectivity index (χ1v) is 4.24. The van der Waals surface area contributed by atoms with Crippen LogP contribution in [0.3, 0.4) is 0 Å². The van der Waals surface area contributed by atoms with E-state index in [9.17, 15) is 30.7 Å².